The van der Waals surface area contributed by atoms with Gasteiger partial charge in [0.15, 0.2) is 0 Å². The van der Waals surface area contributed by atoms with Gasteiger partial charge in [0.1, 0.15) is 6.17 Å². The number of esters is 1. The van der Waals surface area contributed by atoms with E-state index in [1.165, 1.54) is 19.4 Å². The van der Waals surface area contributed by atoms with Crippen molar-refractivity contribution in [3.05, 3.63) is 24.4 Å². The molecule has 0 saturated carbocycles. The van der Waals surface area contributed by atoms with Gasteiger partial charge in [-0.1, -0.05) is 6.08 Å². The predicted octanol–water partition coefficient (Wildman–Crippen LogP) is -0.655. The number of dihydropyridines is 1. The van der Waals surface area contributed by atoms with E-state index in [9.17, 15) is 14.0 Å². The van der Waals surface area contributed by atoms with Crippen LogP contribution in [0.4, 0.5) is 4.39 Å². The maximum absolute atomic E-state index is 13.1. The second-order valence-corrected chi connectivity index (χ2v) is 4.45. The highest BCUT2D eigenvalue weighted by molar-refractivity contribution is 5.92. The van der Waals surface area contributed by atoms with Gasteiger partial charge in [-0.2, -0.15) is 0 Å². The maximum Gasteiger partial charge on any atom is 0.356 e. The van der Waals surface area contributed by atoms with Gasteiger partial charge in [0, 0.05) is 13.0 Å². The average molecular weight is 269 g/mol. The van der Waals surface area contributed by atoms with Gasteiger partial charge in [0.05, 0.1) is 13.2 Å². The number of methoxy groups -OCH3 is 1. The van der Waals surface area contributed by atoms with Crippen molar-refractivity contribution >= 4 is 11.9 Å². The summed E-state index contributed by atoms with van der Waals surface area (Å²) < 4.78 is 17.7. The van der Waals surface area contributed by atoms with Gasteiger partial charge in [-0.15, -0.1) is 0 Å². The van der Waals surface area contributed by atoms with Crippen molar-refractivity contribution in [1.82, 2.24) is 16.0 Å². The fourth-order valence-corrected chi connectivity index (χ4v) is 2.07. The molecule has 1 saturated heterocycles. The molecular formula is C12H16FN3O3. The van der Waals surface area contributed by atoms with E-state index in [1.807, 2.05) is 0 Å². The van der Waals surface area contributed by atoms with Crippen LogP contribution < -0.4 is 16.0 Å². The Balaban J connectivity index is 2.08. The number of nitrogens with one attached hydrogen (secondary N) is 3. The minimum absolute atomic E-state index is 0.0998. The molecule has 0 aromatic rings. The van der Waals surface area contributed by atoms with Crippen LogP contribution in [0, 0.1) is 0 Å². The Morgan fingerprint density at radius 2 is 2.26 bits per heavy atom. The van der Waals surface area contributed by atoms with Crippen molar-refractivity contribution in [3.8, 4) is 0 Å². The highest BCUT2D eigenvalue weighted by Gasteiger charge is 2.41. The molecule has 0 radical (unpaired) electrons. The summed E-state index contributed by atoms with van der Waals surface area (Å²) in [5.74, 6) is -1.09. The molecule has 0 spiro atoms. The minimum Gasteiger partial charge on any atom is -0.466 e. The molecule has 2 rings (SSSR count). The molecule has 0 aromatic carbocycles. The topological polar surface area (TPSA) is 79.5 Å². The number of halogens is 1. The van der Waals surface area contributed by atoms with Crippen LogP contribution in [0.5, 0.6) is 0 Å². The molecule has 0 aromatic heterocycles. The Morgan fingerprint density at radius 1 is 1.47 bits per heavy atom. The molecular weight excluding hydrogens is 253 g/mol. The summed E-state index contributed by atoms with van der Waals surface area (Å²) in [6, 6.07) is -0.641. The third kappa shape index (κ3) is 2.76. The van der Waals surface area contributed by atoms with Gasteiger partial charge in [-0.05, 0) is 18.4 Å². The number of amides is 1. The standard InChI is InChI=1S/C12H16FN3O3/c1-19-11(18)12(4-2-3-5-15-12)16-10(17)9-6-8(13)7-14-9/h2-5,8-9,14-15H,6-7H2,1H3,(H,16,17)/t8-,9+,12?/m1/s1. The maximum atomic E-state index is 13.1. The zero-order valence-corrected chi connectivity index (χ0v) is 10.5. The van der Waals surface area contributed by atoms with Crippen molar-refractivity contribution in [1.29, 1.82) is 0 Å². The number of ether oxygens (including phenoxy) is 1. The van der Waals surface area contributed by atoms with Gasteiger partial charge >= 0.3 is 5.97 Å². The molecule has 0 aliphatic carbocycles. The zero-order valence-electron chi connectivity index (χ0n) is 10.5. The fourth-order valence-electron chi connectivity index (χ4n) is 2.07. The van der Waals surface area contributed by atoms with Crippen molar-refractivity contribution in [2.75, 3.05) is 13.7 Å². The number of hydrogen-bond acceptors (Lipinski definition) is 5. The van der Waals surface area contributed by atoms with Gasteiger partial charge in [-0.25, -0.2) is 9.18 Å². The Labute approximate surface area is 110 Å². The van der Waals surface area contributed by atoms with Crippen LogP contribution in [0.15, 0.2) is 24.4 Å². The summed E-state index contributed by atoms with van der Waals surface area (Å²) in [6.45, 7) is 0.145. The molecule has 2 aliphatic rings. The lowest BCUT2D eigenvalue weighted by atomic mass is 10.1. The summed E-state index contributed by atoms with van der Waals surface area (Å²) in [6.07, 6.45) is 5.37. The van der Waals surface area contributed by atoms with Crippen molar-refractivity contribution in [3.63, 3.8) is 0 Å². The average Bonchev–Trinajstić information content (AvgIpc) is 2.85. The smallest absolute Gasteiger partial charge is 0.356 e. The van der Waals surface area contributed by atoms with Crippen molar-refractivity contribution < 1.29 is 18.7 Å². The number of allylic oxidation sites excluding steroid dienone is 2. The first-order valence-electron chi connectivity index (χ1n) is 5.97. The third-order valence-corrected chi connectivity index (χ3v) is 3.09. The van der Waals surface area contributed by atoms with E-state index >= 15 is 0 Å². The van der Waals surface area contributed by atoms with E-state index in [0.29, 0.717) is 0 Å². The Morgan fingerprint density at radius 3 is 2.79 bits per heavy atom. The van der Waals surface area contributed by atoms with Crippen molar-refractivity contribution in [2.45, 2.75) is 24.3 Å². The highest BCUT2D eigenvalue weighted by Crippen LogP contribution is 2.14. The summed E-state index contributed by atoms with van der Waals surface area (Å²) in [5.41, 5.74) is -1.43. The SMILES string of the molecule is COC(=O)C1(NC(=O)[C@@H]2C[C@@H](F)CN2)C=CC=CN1. The molecule has 3 atom stereocenters. The largest absolute Gasteiger partial charge is 0.466 e. The number of hydrogen-bond donors (Lipinski definition) is 3. The first kappa shape index (κ1) is 13.5. The minimum atomic E-state index is -1.43. The molecule has 1 amide bonds. The fraction of sp³-hybridized carbons (Fsp3) is 0.500. The van der Waals surface area contributed by atoms with Crippen LogP contribution in [0.25, 0.3) is 0 Å². The van der Waals surface area contributed by atoms with Crippen LogP contribution in [-0.2, 0) is 14.3 Å². The lowest BCUT2D eigenvalue weighted by Gasteiger charge is -2.31. The summed E-state index contributed by atoms with van der Waals surface area (Å²) in [4.78, 5) is 23.9. The van der Waals surface area contributed by atoms with E-state index in [2.05, 4.69) is 20.7 Å². The van der Waals surface area contributed by atoms with Crippen LogP contribution in [0.2, 0.25) is 0 Å². The monoisotopic (exact) mass is 269 g/mol. The Bertz CT molecular complexity index is 438. The number of carbonyl (C=O) groups excluding carboxylic acids is 2. The van der Waals surface area contributed by atoms with E-state index in [4.69, 9.17) is 0 Å². The van der Waals surface area contributed by atoms with Gasteiger partial charge in [0.25, 0.3) is 0 Å². The Kier molecular flexibility index (Phi) is 3.84. The highest BCUT2D eigenvalue weighted by atomic mass is 19.1. The first-order valence-corrected chi connectivity index (χ1v) is 5.97. The quantitative estimate of drug-likeness (QED) is 0.593. The number of alkyl halides is 1. The zero-order chi connectivity index (χ0) is 13.9. The molecule has 19 heavy (non-hydrogen) atoms. The number of rotatable bonds is 3. The molecule has 1 unspecified atom stereocenters. The van der Waals surface area contributed by atoms with E-state index in [0.717, 1.165) is 0 Å². The van der Waals surface area contributed by atoms with Crippen LogP contribution in [-0.4, -0.2) is 43.4 Å². The van der Waals surface area contributed by atoms with Gasteiger partial charge < -0.3 is 20.7 Å². The molecule has 2 aliphatic heterocycles. The predicted molar refractivity (Wildman–Crippen MR) is 65.6 cm³/mol. The van der Waals surface area contributed by atoms with Crippen LogP contribution in [0.1, 0.15) is 6.42 Å². The number of carbonyl (C=O) groups is 2. The first-order chi connectivity index (χ1) is 9.07. The lowest BCUT2D eigenvalue weighted by Crippen LogP contribution is -2.64. The summed E-state index contributed by atoms with van der Waals surface area (Å²) in [7, 11) is 1.23. The lowest BCUT2D eigenvalue weighted by molar-refractivity contribution is -0.149. The summed E-state index contributed by atoms with van der Waals surface area (Å²) >= 11 is 0. The second-order valence-electron chi connectivity index (χ2n) is 4.45. The molecule has 104 valence electrons. The van der Waals surface area contributed by atoms with Crippen LogP contribution >= 0.6 is 0 Å². The molecule has 6 nitrogen and oxygen atoms in total. The normalized spacial score (nSPS) is 32.7. The molecule has 7 heteroatoms. The van der Waals surface area contributed by atoms with Crippen LogP contribution in [0.3, 0.4) is 0 Å². The molecule has 2 heterocycles. The van der Waals surface area contributed by atoms with E-state index in [-0.39, 0.29) is 13.0 Å². The van der Waals surface area contributed by atoms with Crippen molar-refractivity contribution in [2.24, 2.45) is 0 Å². The van der Waals surface area contributed by atoms with E-state index < -0.39 is 29.8 Å². The van der Waals surface area contributed by atoms with Gasteiger partial charge in [0.2, 0.25) is 11.6 Å². The Hall–Kier alpha value is -1.89. The van der Waals surface area contributed by atoms with Gasteiger partial charge in [-0.3, -0.25) is 4.79 Å². The second kappa shape index (κ2) is 5.40. The van der Waals surface area contributed by atoms with E-state index in [1.54, 1.807) is 12.2 Å². The molecule has 0 bridgehead atoms. The molecule has 1 fully saturated rings. The third-order valence-electron chi connectivity index (χ3n) is 3.09. The molecule has 3 N–H and O–H groups in total. The summed E-state index contributed by atoms with van der Waals surface area (Å²) in [5, 5.41) is 8.07.